The van der Waals surface area contributed by atoms with Gasteiger partial charge in [0.2, 0.25) is 0 Å². The number of halogens is 6. The first-order chi connectivity index (χ1) is 16.4. The fraction of sp³-hybridized carbons (Fsp3) is 0.435. The van der Waals surface area contributed by atoms with Gasteiger partial charge >= 0.3 is 6.18 Å². The predicted molar refractivity (Wildman–Crippen MR) is 124 cm³/mol. The van der Waals surface area contributed by atoms with Crippen molar-refractivity contribution in [2.24, 2.45) is 5.41 Å². The molecule has 1 atom stereocenters. The van der Waals surface area contributed by atoms with E-state index in [1.165, 1.54) is 38.5 Å². The smallest absolute Gasteiger partial charge is 0.347 e. The first-order valence-electron chi connectivity index (χ1n) is 10.7. The molecule has 0 aliphatic rings. The van der Waals surface area contributed by atoms with Crippen LogP contribution in [-0.4, -0.2) is 42.8 Å². The number of fused-ring (bicyclic) bond motifs is 1. The minimum atomic E-state index is -4.89. The molecule has 2 heterocycles. The normalized spacial score (nSPS) is 14.2. The number of aromatic nitrogens is 2. The standard InChI is InChI=1S/C23H26F6N4O2S/c1-22(2,3)12-33-11-16(20(21(25)26)31-36(34,35)32(4)5)15-7-6-13(8-18(15)33)19-17(23(27,28)29)9-14(24)10-30-19/h6-11,20-21,31H,12H2,1-5H3/t20-/m0/s1. The molecule has 6 nitrogen and oxygen atoms in total. The Morgan fingerprint density at radius 2 is 1.75 bits per heavy atom. The molecule has 3 aromatic rings. The van der Waals surface area contributed by atoms with Crippen LogP contribution in [0.3, 0.4) is 0 Å². The van der Waals surface area contributed by atoms with Gasteiger partial charge in [0.25, 0.3) is 16.6 Å². The second kappa shape index (κ2) is 9.67. The highest BCUT2D eigenvalue weighted by Crippen LogP contribution is 2.39. The Morgan fingerprint density at radius 1 is 1.11 bits per heavy atom. The highest BCUT2D eigenvalue weighted by atomic mass is 32.2. The molecule has 0 bridgehead atoms. The Morgan fingerprint density at radius 3 is 2.28 bits per heavy atom. The Balaban J connectivity index is 2.27. The quantitative estimate of drug-likeness (QED) is 0.399. The SMILES string of the molecule is CN(C)S(=O)(=O)N[C@@H](c1cn(CC(C)(C)C)c2cc(-c3ncc(F)cc3C(F)(F)F)ccc12)C(F)F. The molecule has 0 radical (unpaired) electrons. The minimum absolute atomic E-state index is 0.00268. The first kappa shape index (κ1) is 27.9. The second-order valence-corrected chi connectivity index (χ2v) is 11.7. The van der Waals surface area contributed by atoms with Crippen LogP contribution in [0.4, 0.5) is 26.3 Å². The van der Waals surface area contributed by atoms with Crippen molar-refractivity contribution in [2.75, 3.05) is 14.1 Å². The van der Waals surface area contributed by atoms with Gasteiger partial charge in [-0.25, -0.2) is 13.2 Å². The number of alkyl halides is 5. The van der Waals surface area contributed by atoms with Crippen molar-refractivity contribution in [1.82, 2.24) is 18.6 Å². The largest absolute Gasteiger partial charge is 0.418 e. The zero-order valence-electron chi connectivity index (χ0n) is 20.2. The van der Waals surface area contributed by atoms with Gasteiger partial charge in [-0.2, -0.15) is 30.6 Å². The van der Waals surface area contributed by atoms with E-state index >= 15 is 0 Å². The van der Waals surface area contributed by atoms with Crippen LogP contribution in [0.15, 0.2) is 36.7 Å². The van der Waals surface area contributed by atoms with E-state index in [9.17, 15) is 34.8 Å². The van der Waals surface area contributed by atoms with Crippen molar-refractivity contribution in [3.05, 3.63) is 53.6 Å². The molecule has 0 unspecified atom stereocenters. The zero-order chi connectivity index (χ0) is 27.2. The van der Waals surface area contributed by atoms with Crippen LogP contribution in [0.5, 0.6) is 0 Å². The van der Waals surface area contributed by atoms with Crippen LogP contribution in [0.1, 0.15) is 37.9 Å². The third kappa shape index (κ3) is 6.01. The van der Waals surface area contributed by atoms with E-state index < -0.39 is 45.9 Å². The summed E-state index contributed by atoms with van der Waals surface area (Å²) in [7, 11) is -1.86. The van der Waals surface area contributed by atoms with Crippen LogP contribution in [-0.2, 0) is 22.9 Å². The summed E-state index contributed by atoms with van der Waals surface area (Å²) in [5.74, 6) is -1.15. The van der Waals surface area contributed by atoms with Gasteiger partial charge in [-0.3, -0.25) is 4.98 Å². The van der Waals surface area contributed by atoms with E-state index in [4.69, 9.17) is 0 Å². The van der Waals surface area contributed by atoms with E-state index in [0.29, 0.717) is 17.8 Å². The molecule has 198 valence electrons. The average Bonchev–Trinajstić information content (AvgIpc) is 3.06. The van der Waals surface area contributed by atoms with Crippen molar-refractivity contribution < 1.29 is 34.8 Å². The molecule has 0 aliphatic carbocycles. The van der Waals surface area contributed by atoms with Crippen molar-refractivity contribution >= 4 is 21.1 Å². The van der Waals surface area contributed by atoms with Gasteiger partial charge in [0.05, 0.1) is 17.5 Å². The number of benzene rings is 1. The lowest BCUT2D eigenvalue weighted by Gasteiger charge is -2.21. The topological polar surface area (TPSA) is 67.2 Å². The molecule has 3 rings (SSSR count). The molecule has 0 saturated carbocycles. The molecule has 2 aromatic heterocycles. The maximum Gasteiger partial charge on any atom is 0.418 e. The molecule has 36 heavy (non-hydrogen) atoms. The van der Waals surface area contributed by atoms with E-state index in [1.54, 1.807) is 4.57 Å². The van der Waals surface area contributed by atoms with Gasteiger partial charge in [0.1, 0.15) is 11.9 Å². The summed E-state index contributed by atoms with van der Waals surface area (Å²) >= 11 is 0. The number of pyridine rings is 1. The fourth-order valence-electron chi connectivity index (χ4n) is 3.76. The molecule has 0 amide bonds. The van der Waals surface area contributed by atoms with Crippen LogP contribution in [0.25, 0.3) is 22.2 Å². The summed E-state index contributed by atoms with van der Waals surface area (Å²) in [6.45, 7) is 5.92. The van der Waals surface area contributed by atoms with Crippen molar-refractivity contribution in [2.45, 2.75) is 46.0 Å². The molecule has 13 heteroatoms. The fourth-order valence-corrected chi connectivity index (χ4v) is 4.52. The van der Waals surface area contributed by atoms with Gasteiger partial charge in [-0.05, 0) is 17.5 Å². The third-order valence-electron chi connectivity index (χ3n) is 5.33. The lowest BCUT2D eigenvalue weighted by atomic mass is 9.97. The molecule has 0 spiro atoms. The van der Waals surface area contributed by atoms with Gasteiger partial charge in [-0.15, -0.1) is 0 Å². The Labute approximate surface area is 205 Å². The Kier molecular flexibility index (Phi) is 7.51. The van der Waals surface area contributed by atoms with Crippen molar-refractivity contribution in [3.63, 3.8) is 0 Å². The molecule has 0 aliphatic heterocycles. The van der Waals surface area contributed by atoms with Crippen LogP contribution in [0.2, 0.25) is 0 Å². The van der Waals surface area contributed by atoms with Crippen molar-refractivity contribution in [1.29, 1.82) is 0 Å². The number of nitrogens with zero attached hydrogens (tertiary/aromatic N) is 3. The van der Waals surface area contributed by atoms with Gasteiger partial charge in [-0.1, -0.05) is 32.9 Å². The number of nitrogens with one attached hydrogen (secondary N) is 1. The van der Waals surface area contributed by atoms with Crippen LogP contribution < -0.4 is 4.72 Å². The van der Waals surface area contributed by atoms with Gasteiger partial charge < -0.3 is 4.57 Å². The van der Waals surface area contributed by atoms with Crippen LogP contribution in [0, 0.1) is 11.2 Å². The first-order valence-corrected chi connectivity index (χ1v) is 12.2. The average molecular weight is 537 g/mol. The molecule has 1 aromatic carbocycles. The Hall–Kier alpha value is -2.64. The maximum absolute atomic E-state index is 14.1. The van der Waals surface area contributed by atoms with Crippen molar-refractivity contribution in [3.8, 4) is 11.3 Å². The van der Waals surface area contributed by atoms with Gasteiger partial charge in [0, 0.05) is 48.9 Å². The summed E-state index contributed by atoms with van der Waals surface area (Å²) in [5.41, 5.74) is -1.91. The van der Waals surface area contributed by atoms with Gasteiger partial charge in [0.15, 0.2) is 0 Å². The minimum Gasteiger partial charge on any atom is -0.347 e. The zero-order valence-corrected chi connectivity index (χ0v) is 21.0. The monoisotopic (exact) mass is 536 g/mol. The summed E-state index contributed by atoms with van der Waals surface area (Å²) in [6, 6.07) is 2.37. The highest BCUT2D eigenvalue weighted by molar-refractivity contribution is 7.87. The lowest BCUT2D eigenvalue weighted by molar-refractivity contribution is -0.137. The summed E-state index contributed by atoms with van der Waals surface area (Å²) in [5, 5.41) is 0.227. The lowest BCUT2D eigenvalue weighted by Crippen LogP contribution is -2.40. The molecule has 0 fully saturated rings. The summed E-state index contributed by atoms with van der Waals surface area (Å²) < 4.78 is 111. The molecular weight excluding hydrogens is 510 g/mol. The molecule has 1 N–H and O–H groups in total. The van der Waals surface area contributed by atoms with E-state index in [2.05, 4.69) is 4.98 Å². The maximum atomic E-state index is 14.1. The summed E-state index contributed by atoms with van der Waals surface area (Å²) in [4.78, 5) is 3.64. The number of rotatable bonds is 7. The molecule has 0 saturated heterocycles. The van der Waals surface area contributed by atoms with E-state index in [-0.39, 0.29) is 28.5 Å². The molecular formula is C23H26F6N4O2S. The Bertz CT molecular complexity index is 1360. The predicted octanol–water partition coefficient (Wildman–Crippen LogP) is 5.61. The van der Waals surface area contributed by atoms with E-state index in [0.717, 1.165) is 4.31 Å². The summed E-state index contributed by atoms with van der Waals surface area (Å²) in [6.07, 6.45) is -5.97. The number of hydrogen-bond donors (Lipinski definition) is 1. The highest BCUT2D eigenvalue weighted by Gasteiger charge is 2.36. The number of hydrogen-bond acceptors (Lipinski definition) is 3. The van der Waals surface area contributed by atoms with Crippen LogP contribution >= 0.6 is 0 Å². The third-order valence-corrected chi connectivity index (χ3v) is 6.85. The van der Waals surface area contributed by atoms with E-state index in [1.807, 2.05) is 25.5 Å². The second-order valence-electron chi connectivity index (χ2n) is 9.77.